The third kappa shape index (κ3) is 2.57. The molecule has 4 nitrogen and oxygen atoms in total. The van der Waals surface area contributed by atoms with Gasteiger partial charge in [0.25, 0.3) is 0 Å². The van der Waals surface area contributed by atoms with E-state index in [4.69, 9.17) is 15.8 Å². The van der Waals surface area contributed by atoms with Crippen LogP contribution in [-0.4, -0.2) is 23.1 Å². The SMILES string of the molecule is NC(=O)C1=CC=C(B(O)O)CC=C1. The second kappa shape index (κ2) is 4.07. The van der Waals surface area contributed by atoms with Gasteiger partial charge in [-0.1, -0.05) is 24.3 Å². The van der Waals surface area contributed by atoms with Gasteiger partial charge in [0, 0.05) is 5.57 Å². The number of carbonyl (C=O) groups excluding carboxylic acids is 1. The normalized spacial score (nSPS) is 15.8. The van der Waals surface area contributed by atoms with E-state index in [2.05, 4.69) is 0 Å². The van der Waals surface area contributed by atoms with E-state index in [9.17, 15) is 4.79 Å². The van der Waals surface area contributed by atoms with Crippen LogP contribution in [0.5, 0.6) is 0 Å². The first kappa shape index (κ1) is 9.76. The standard InChI is InChI=1S/C8H10BNO3/c10-8(11)6-2-1-3-7(5-4-6)9(12)13/h1-2,4-5,12-13H,3H2,(H2,10,11). The minimum atomic E-state index is -1.48. The topological polar surface area (TPSA) is 83.6 Å². The van der Waals surface area contributed by atoms with Crippen molar-refractivity contribution in [1.82, 2.24) is 0 Å². The van der Waals surface area contributed by atoms with Crippen molar-refractivity contribution < 1.29 is 14.8 Å². The maximum atomic E-state index is 10.7. The molecule has 0 atom stereocenters. The molecule has 0 aromatic carbocycles. The van der Waals surface area contributed by atoms with E-state index in [1.54, 1.807) is 12.2 Å². The Morgan fingerprint density at radius 2 is 2.15 bits per heavy atom. The summed E-state index contributed by atoms with van der Waals surface area (Å²) >= 11 is 0. The predicted molar refractivity (Wildman–Crippen MR) is 49.3 cm³/mol. The van der Waals surface area contributed by atoms with Crippen molar-refractivity contribution >= 4 is 13.0 Å². The van der Waals surface area contributed by atoms with Gasteiger partial charge in [-0.15, -0.1) is 0 Å². The quantitative estimate of drug-likeness (QED) is 0.490. The van der Waals surface area contributed by atoms with E-state index in [1.165, 1.54) is 12.2 Å². The smallest absolute Gasteiger partial charge is 0.423 e. The van der Waals surface area contributed by atoms with Crippen molar-refractivity contribution in [3.05, 3.63) is 35.3 Å². The van der Waals surface area contributed by atoms with Crippen LogP contribution >= 0.6 is 0 Å². The first-order valence-corrected chi connectivity index (χ1v) is 3.84. The number of rotatable bonds is 2. The third-order valence-corrected chi connectivity index (χ3v) is 1.74. The molecule has 0 unspecified atom stereocenters. The lowest BCUT2D eigenvalue weighted by Crippen LogP contribution is -2.14. The Morgan fingerprint density at radius 1 is 1.46 bits per heavy atom. The summed E-state index contributed by atoms with van der Waals surface area (Å²) in [7, 11) is -1.48. The van der Waals surface area contributed by atoms with Gasteiger partial charge in [-0.05, 0) is 11.9 Å². The van der Waals surface area contributed by atoms with Gasteiger partial charge in [0.15, 0.2) is 0 Å². The van der Waals surface area contributed by atoms with Crippen LogP contribution in [0.15, 0.2) is 35.3 Å². The molecule has 4 N–H and O–H groups in total. The molecule has 68 valence electrons. The summed E-state index contributed by atoms with van der Waals surface area (Å²) in [5.41, 5.74) is 5.84. The van der Waals surface area contributed by atoms with Gasteiger partial charge < -0.3 is 15.8 Å². The largest absolute Gasteiger partial charge is 0.484 e. The average Bonchev–Trinajstić information content (AvgIpc) is 2.27. The molecule has 0 aromatic heterocycles. The fourth-order valence-corrected chi connectivity index (χ4v) is 0.998. The summed E-state index contributed by atoms with van der Waals surface area (Å²) in [4.78, 5) is 10.7. The highest BCUT2D eigenvalue weighted by molar-refractivity contribution is 6.50. The minimum absolute atomic E-state index is 0.357. The van der Waals surface area contributed by atoms with E-state index < -0.39 is 13.0 Å². The first-order chi connectivity index (χ1) is 6.11. The summed E-state index contributed by atoms with van der Waals surface area (Å²) in [6.45, 7) is 0. The molecule has 0 saturated carbocycles. The number of nitrogens with two attached hydrogens (primary N) is 1. The van der Waals surface area contributed by atoms with Crippen LogP contribution in [0.25, 0.3) is 0 Å². The Bertz CT molecular complexity index is 305. The molecule has 0 spiro atoms. The van der Waals surface area contributed by atoms with Crippen LogP contribution in [-0.2, 0) is 4.79 Å². The average molecular weight is 179 g/mol. The third-order valence-electron chi connectivity index (χ3n) is 1.74. The van der Waals surface area contributed by atoms with E-state index >= 15 is 0 Å². The summed E-state index contributed by atoms with van der Waals surface area (Å²) in [6.07, 6.45) is 6.60. The Hall–Kier alpha value is -1.33. The molecule has 0 saturated heterocycles. The lowest BCUT2D eigenvalue weighted by Gasteiger charge is -1.98. The molecular weight excluding hydrogens is 169 g/mol. The Morgan fingerprint density at radius 3 is 2.69 bits per heavy atom. The highest BCUT2D eigenvalue weighted by Crippen LogP contribution is 2.11. The monoisotopic (exact) mass is 179 g/mol. The van der Waals surface area contributed by atoms with Gasteiger partial charge in [-0.25, -0.2) is 0 Å². The highest BCUT2D eigenvalue weighted by atomic mass is 16.4. The van der Waals surface area contributed by atoms with Crippen LogP contribution in [0.2, 0.25) is 0 Å². The zero-order valence-corrected chi connectivity index (χ0v) is 6.97. The minimum Gasteiger partial charge on any atom is -0.423 e. The lowest BCUT2D eigenvalue weighted by atomic mass is 9.77. The predicted octanol–water partition coefficient (Wildman–Crippen LogP) is -0.704. The molecule has 0 heterocycles. The van der Waals surface area contributed by atoms with E-state index in [0.29, 0.717) is 17.5 Å². The Balaban J connectivity index is 2.89. The van der Waals surface area contributed by atoms with Crippen LogP contribution in [0.1, 0.15) is 6.42 Å². The maximum absolute atomic E-state index is 10.7. The summed E-state index contributed by atoms with van der Waals surface area (Å²) in [5, 5.41) is 17.7. The van der Waals surface area contributed by atoms with Crippen LogP contribution < -0.4 is 5.73 Å². The second-order valence-electron chi connectivity index (χ2n) is 2.71. The molecule has 0 radical (unpaired) electrons. The number of carbonyl (C=O) groups is 1. The summed E-state index contributed by atoms with van der Waals surface area (Å²) in [6, 6.07) is 0. The molecule has 1 rings (SSSR count). The van der Waals surface area contributed by atoms with Gasteiger partial charge >= 0.3 is 7.12 Å². The molecular formula is C8H10BNO3. The van der Waals surface area contributed by atoms with Crippen LogP contribution in [0, 0.1) is 0 Å². The molecule has 13 heavy (non-hydrogen) atoms. The number of amides is 1. The molecule has 5 heteroatoms. The van der Waals surface area contributed by atoms with Gasteiger partial charge in [0.1, 0.15) is 0 Å². The molecule has 0 fully saturated rings. The molecule has 1 aliphatic carbocycles. The fraction of sp³-hybridized carbons (Fsp3) is 0.125. The number of primary amides is 1. The van der Waals surface area contributed by atoms with E-state index in [1.807, 2.05) is 0 Å². The molecule has 0 aromatic rings. The first-order valence-electron chi connectivity index (χ1n) is 3.84. The van der Waals surface area contributed by atoms with E-state index in [0.717, 1.165) is 0 Å². The molecule has 1 aliphatic rings. The van der Waals surface area contributed by atoms with Crippen LogP contribution in [0.4, 0.5) is 0 Å². The fourth-order valence-electron chi connectivity index (χ4n) is 0.998. The van der Waals surface area contributed by atoms with Crippen molar-refractivity contribution in [2.45, 2.75) is 6.42 Å². The zero-order chi connectivity index (χ0) is 9.84. The number of hydrogen-bond donors (Lipinski definition) is 3. The number of hydrogen-bond acceptors (Lipinski definition) is 3. The molecule has 0 bridgehead atoms. The summed E-state index contributed by atoms with van der Waals surface area (Å²) in [5.74, 6) is -0.527. The maximum Gasteiger partial charge on any atom is 0.484 e. The van der Waals surface area contributed by atoms with Gasteiger partial charge in [-0.3, -0.25) is 4.79 Å². The van der Waals surface area contributed by atoms with Crippen LogP contribution in [0.3, 0.4) is 0 Å². The van der Waals surface area contributed by atoms with Gasteiger partial charge in [0.2, 0.25) is 5.91 Å². The molecule has 1 amide bonds. The van der Waals surface area contributed by atoms with Gasteiger partial charge in [-0.2, -0.15) is 0 Å². The second-order valence-corrected chi connectivity index (χ2v) is 2.71. The Labute approximate surface area is 76.2 Å². The van der Waals surface area contributed by atoms with E-state index in [-0.39, 0.29) is 0 Å². The van der Waals surface area contributed by atoms with Crippen molar-refractivity contribution in [2.24, 2.45) is 5.73 Å². The zero-order valence-electron chi connectivity index (χ0n) is 6.97. The van der Waals surface area contributed by atoms with Crippen molar-refractivity contribution in [3.8, 4) is 0 Å². The van der Waals surface area contributed by atoms with Gasteiger partial charge in [0.05, 0.1) is 0 Å². The Kier molecular flexibility index (Phi) is 3.05. The van der Waals surface area contributed by atoms with Crippen molar-refractivity contribution in [2.75, 3.05) is 0 Å². The summed E-state index contributed by atoms with van der Waals surface area (Å²) < 4.78 is 0. The lowest BCUT2D eigenvalue weighted by molar-refractivity contribution is -0.114. The molecule has 0 aliphatic heterocycles. The van der Waals surface area contributed by atoms with Crippen molar-refractivity contribution in [3.63, 3.8) is 0 Å². The number of allylic oxidation sites excluding steroid dienone is 4. The highest BCUT2D eigenvalue weighted by Gasteiger charge is 2.14. The van der Waals surface area contributed by atoms with Crippen molar-refractivity contribution in [1.29, 1.82) is 0 Å².